The molecule has 0 bridgehead atoms. The van der Waals surface area contributed by atoms with Gasteiger partial charge in [-0.2, -0.15) is 0 Å². The fourth-order valence-electron chi connectivity index (χ4n) is 3.26. The molecule has 114 valence electrons. The van der Waals surface area contributed by atoms with E-state index in [0.717, 1.165) is 0 Å². The molecule has 1 aliphatic carbocycles. The molecule has 1 N–H and O–H groups in total. The van der Waals surface area contributed by atoms with Gasteiger partial charge in [0.2, 0.25) is 0 Å². The van der Waals surface area contributed by atoms with Crippen LogP contribution in [0.1, 0.15) is 67.2 Å². The minimum Gasteiger partial charge on any atom is -0.314 e. The number of hydrogen-bond donors (Lipinski definition) is 1. The van der Waals surface area contributed by atoms with E-state index >= 15 is 0 Å². The van der Waals surface area contributed by atoms with E-state index in [1.165, 1.54) is 38.8 Å². The first-order chi connectivity index (χ1) is 8.66. The topological polar surface area (TPSA) is 15.3 Å². The monoisotopic (exact) mass is 268 g/mol. The second-order valence-corrected chi connectivity index (χ2v) is 8.20. The van der Waals surface area contributed by atoms with Crippen LogP contribution in [0, 0.1) is 10.8 Å². The van der Waals surface area contributed by atoms with Gasteiger partial charge in [-0.25, -0.2) is 0 Å². The summed E-state index contributed by atoms with van der Waals surface area (Å²) in [7, 11) is 2.31. The summed E-state index contributed by atoms with van der Waals surface area (Å²) in [5, 5.41) is 3.68. The molecule has 0 saturated heterocycles. The molecule has 19 heavy (non-hydrogen) atoms. The van der Waals surface area contributed by atoms with Crippen LogP contribution >= 0.6 is 0 Å². The average Bonchev–Trinajstić information content (AvgIpc) is 2.73. The maximum Gasteiger partial charge on any atom is 0.0113 e. The molecule has 1 saturated carbocycles. The van der Waals surface area contributed by atoms with E-state index < -0.39 is 0 Å². The van der Waals surface area contributed by atoms with Gasteiger partial charge < -0.3 is 10.2 Å². The van der Waals surface area contributed by atoms with Crippen molar-refractivity contribution in [1.29, 1.82) is 0 Å². The predicted molar refractivity (Wildman–Crippen MR) is 85.6 cm³/mol. The first-order valence-electron chi connectivity index (χ1n) is 8.10. The van der Waals surface area contributed by atoms with E-state index in [1.807, 2.05) is 0 Å². The highest BCUT2D eigenvalue weighted by molar-refractivity contribution is 4.91. The lowest BCUT2D eigenvalue weighted by Gasteiger charge is -2.41. The largest absolute Gasteiger partial charge is 0.314 e. The fourth-order valence-corrected chi connectivity index (χ4v) is 3.26. The van der Waals surface area contributed by atoms with Crippen molar-refractivity contribution in [3.8, 4) is 0 Å². The summed E-state index contributed by atoms with van der Waals surface area (Å²) in [5.41, 5.74) is 0.874. The Balaban J connectivity index is 2.63. The van der Waals surface area contributed by atoms with Crippen molar-refractivity contribution in [1.82, 2.24) is 10.2 Å². The quantitative estimate of drug-likeness (QED) is 0.785. The molecule has 2 nitrogen and oxygen atoms in total. The van der Waals surface area contributed by atoms with Gasteiger partial charge in [-0.15, -0.1) is 0 Å². The third kappa shape index (κ3) is 5.07. The average molecular weight is 268 g/mol. The Hall–Kier alpha value is -0.0800. The summed E-state index contributed by atoms with van der Waals surface area (Å²) in [6.45, 7) is 16.4. The molecule has 0 aromatic rings. The molecule has 0 aliphatic heterocycles. The molecule has 0 aromatic heterocycles. The highest BCUT2D eigenvalue weighted by Crippen LogP contribution is 2.39. The van der Waals surface area contributed by atoms with Gasteiger partial charge in [0.05, 0.1) is 0 Å². The van der Waals surface area contributed by atoms with Crippen LogP contribution in [-0.2, 0) is 0 Å². The molecule has 0 spiro atoms. The van der Waals surface area contributed by atoms with Crippen LogP contribution in [0.15, 0.2) is 0 Å². The summed E-state index contributed by atoms with van der Waals surface area (Å²) in [4.78, 5) is 2.59. The van der Waals surface area contributed by atoms with Crippen LogP contribution in [0.4, 0.5) is 0 Å². The van der Waals surface area contributed by atoms with Crippen LogP contribution in [0.5, 0.6) is 0 Å². The number of nitrogens with zero attached hydrogens (tertiary/aromatic N) is 1. The molecule has 0 heterocycles. The third-order valence-corrected chi connectivity index (χ3v) is 5.05. The maximum absolute atomic E-state index is 3.68. The Labute approximate surface area is 121 Å². The van der Waals surface area contributed by atoms with E-state index in [-0.39, 0.29) is 0 Å². The van der Waals surface area contributed by atoms with Crippen molar-refractivity contribution in [2.24, 2.45) is 10.8 Å². The molecular weight excluding hydrogens is 232 g/mol. The lowest BCUT2D eigenvalue weighted by atomic mass is 9.82. The zero-order valence-corrected chi connectivity index (χ0v) is 14.3. The third-order valence-electron chi connectivity index (χ3n) is 5.05. The predicted octanol–water partition coefficient (Wildman–Crippen LogP) is 3.91. The van der Waals surface area contributed by atoms with Crippen LogP contribution < -0.4 is 5.32 Å². The zero-order valence-electron chi connectivity index (χ0n) is 14.3. The molecule has 1 unspecified atom stereocenters. The minimum atomic E-state index is 0.361. The molecule has 1 rings (SSSR count). The van der Waals surface area contributed by atoms with Crippen molar-refractivity contribution in [2.75, 3.05) is 20.1 Å². The van der Waals surface area contributed by atoms with Crippen LogP contribution in [0.3, 0.4) is 0 Å². The summed E-state index contributed by atoms with van der Waals surface area (Å²) >= 11 is 0. The molecule has 0 aromatic carbocycles. The fraction of sp³-hybridized carbons (Fsp3) is 1.00. The van der Waals surface area contributed by atoms with Crippen molar-refractivity contribution in [3.05, 3.63) is 0 Å². The molecule has 2 heteroatoms. The SMILES string of the molecule is CC(C)NCC1(CN(C)C(C)C(C)(C)C)CCCC1. The van der Waals surface area contributed by atoms with Gasteiger partial charge in [-0.05, 0) is 37.6 Å². The van der Waals surface area contributed by atoms with Gasteiger partial charge in [-0.1, -0.05) is 47.5 Å². The van der Waals surface area contributed by atoms with Gasteiger partial charge in [0.15, 0.2) is 0 Å². The Morgan fingerprint density at radius 3 is 2.05 bits per heavy atom. The summed E-state index contributed by atoms with van der Waals surface area (Å²) in [6.07, 6.45) is 5.62. The maximum atomic E-state index is 3.68. The molecule has 0 radical (unpaired) electrons. The van der Waals surface area contributed by atoms with Crippen molar-refractivity contribution >= 4 is 0 Å². The summed E-state index contributed by atoms with van der Waals surface area (Å²) in [5.74, 6) is 0. The first kappa shape index (κ1) is 17.0. The molecule has 1 aliphatic rings. The Kier molecular flexibility index (Phi) is 5.88. The van der Waals surface area contributed by atoms with Crippen molar-refractivity contribution in [2.45, 2.75) is 79.3 Å². The van der Waals surface area contributed by atoms with Gasteiger partial charge >= 0.3 is 0 Å². The minimum absolute atomic E-state index is 0.361. The number of rotatable bonds is 6. The van der Waals surface area contributed by atoms with Crippen LogP contribution in [-0.4, -0.2) is 37.1 Å². The summed E-state index contributed by atoms with van der Waals surface area (Å²) in [6, 6.07) is 1.23. The van der Waals surface area contributed by atoms with Gasteiger partial charge in [0.25, 0.3) is 0 Å². The molecule has 0 amide bonds. The Bertz CT molecular complexity index is 259. The van der Waals surface area contributed by atoms with Gasteiger partial charge in [0.1, 0.15) is 0 Å². The van der Waals surface area contributed by atoms with E-state index in [4.69, 9.17) is 0 Å². The molecule has 1 fully saturated rings. The highest BCUT2D eigenvalue weighted by atomic mass is 15.1. The number of hydrogen-bond acceptors (Lipinski definition) is 2. The Morgan fingerprint density at radius 2 is 1.63 bits per heavy atom. The van der Waals surface area contributed by atoms with Crippen molar-refractivity contribution in [3.63, 3.8) is 0 Å². The molecule has 1 atom stereocenters. The Morgan fingerprint density at radius 1 is 1.11 bits per heavy atom. The second kappa shape index (κ2) is 6.58. The zero-order chi connectivity index (χ0) is 14.7. The van der Waals surface area contributed by atoms with Gasteiger partial charge in [0, 0.05) is 25.2 Å². The number of nitrogens with one attached hydrogen (secondary N) is 1. The summed E-state index contributed by atoms with van der Waals surface area (Å²) < 4.78 is 0. The van der Waals surface area contributed by atoms with Gasteiger partial charge in [-0.3, -0.25) is 0 Å². The molecular formula is C17H36N2. The second-order valence-electron chi connectivity index (χ2n) is 8.20. The first-order valence-corrected chi connectivity index (χ1v) is 8.10. The smallest absolute Gasteiger partial charge is 0.0113 e. The lowest BCUT2D eigenvalue weighted by molar-refractivity contribution is 0.0838. The highest BCUT2D eigenvalue weighted by Gasteiger charge is 2.37. The standard InChI is InChI=1S/C17H36N2/c1-14(2)18-12-17(10-8-9-11-17)13-19(7)15(3)16(4,5)6/h14-15,18H,8-13H2,1-7H3. The normalized spacial score (nSPS) is 21.3. The lowest BCUT2D eigenvalue weighted by Crippen LogP contribution is -2.48. The van der Waals surface area contributed by atoms with Crippen LogP contribution in [0.2, 0.25) is 0 Å². The van der Waals surface area contributed by atoms with Crippen LogP contribution in [0.25, 0.3) is 0 Å². The van der Waals surface area contributed by atoms with E-state index in [2.05, 4.69) is 58.8 Å². The van der Waals surface area contributed by atoms with E-state index in [0.29, 0.717) is 22.9 Å². The van der Waals surface area contributed by atoms with E-state index in [9.17, 15) is 0 Å². The van der Waals surface area contributed by atoms with Crippen molar-refractivity contribution < 1.29 is 0 Å². The van der Waals surface area contributed by atoms with E-state index in [1.54, 1.807) is 0 Å².